The molecule has 0 saturated carbocycles. The average molecular weight is 232 g/mol. The van der Waals surface area contributed by atoms with E-state index >= 15 is 0 Å². The molecule has 0 amide bonds. The molecule has 0 aromatic heterocycles. The van der Waals surface area contributed by atoms with Crippen LogP contribution >= 0.6 is 0 Å². The molecule has 0 radical (unpaired) electrons. The predicted molar refractivity (Wildman–Crippen MR) is 70.3 cm³/mol. The Morgan fingerprint density at radius 3 is 3.06 bits per heavy atom. The van der Waals surface area contributed by atoms with Gasteiger partial charge < -0.3 is 0 Å². The summed E-state index contributed by atoms with van der Waals surface area (Å²) in [4.78, 5) is 0. The maximum atomic E-state index is 14.7. The van der Waals surface area contributed by atoms with E-state index in [-0.39, 0.29) is 0 Å². The van der Waals surface area contributed by atoms with Gasteiger partial charge in [0.05, 0.1) is 0 Å². The molecule has 0 N–H and O–H groups in total. The van der Waals surface area contributed by atoms with Crippen LogP contribution in [0.4, 0.5) is 4.39 Å². The predicted octanol–water partition coefficient (Wildman–Crippen LogP) is 4.57. The Labute approximate surface area is 104 Å². The van der Waals surface area contributed by atoms with E-state index in [1.807, 2.05) is 0 Å². The lowest BCUT2D eigenvalue weighted by molar-refractivity contribution is 0.183. The minimum atomic E-state index is -1.24. The topological polar surface area (TPSA) is 0 Å². The molecule has 0 spiro atoms. The molecule has 17 heavy (non-hydrogen) atoms. The van der Waals surface area contributed by atoms with Crippen molar-refractivity contribution < 1.29 is 4.39 Å². The molecule has 0 saturated heterocycles. The normalized spacial score (nSPS) is 33.1. The third kappa shape index (κ3) is 3.73. The van der Waals surface area contributed by atoms with Crippen molar-refractivity contribution in [1.29, 1.82) is 0 Å². The molecule has 0 fully saturated rings. The SMILES string of the molecule is CC1=CCC(CC2(F)C#CCCCCC2)C=C1. The Hall–Kier alpha value is -1.03. The molecule has 0 aromatic rings. The second-order valence-electron chi connectivity index (χ2n) is 5.33. The van der Waals surface area contributed by atoms with Gasteiger partial charge in [-0.3, -0.25) is 0 Å². The Morgan fingerprint density at radius 2 is 2.29 bits per heavy atom. The van der Waals surface area contributed by atoms with Crippen LogP contribution in [0.25, 0.3) is 0 Å². The van der Waals surface area contributed by atoms with Crippen LogP contribution in [0, 0.1) is 17.8 Å². The van der Waals surface area contributed by atoms with Crippen molar-refractivity contribution in [3.8, 4) is 11.8 Å². The summed E-state index contributed by atoms with van der Waals surface area (Å²) in [6.45, 7) is 2.09. The molecule has 1 heteroatoms. The molecule has 0 bridgehead atoms. The maximum absolute atomic E-state index is 14.7. The van der Waals surface area contributed by atoms with E-state index < -0.39 is 5.67 Å². The highest BCUT2D eigenvalue weighted by Gasteiger charge is 2.30. The van der Waals surface area contributed by atoms with Gasteiger partial charge in [-0.05, 0) is 44.9 Å². The zero-order chi connectivity index (χ0) is 12.1. The number of hydrogen-bond donors (Lipinski definition) is 0. The third-order valence-electron chi connectivity index (χ3n) is 3.65. The van der Waals surface area contributed by atoms with Crippen LogP contribution in [0.15, 0.2) is 23.8 Å². The fraction of sp³-hybridized carbons (Fsp3) is 0.625. The molecule has 0 aliphatic heterocycles. The first kappa shape index (κ1) is 12.4. The maximum Gasteiger partial charge on any atom is 0.171 e. The number of rotatable bonds is 2. The largest absolute Gasteiger partial charge is 0.230 e. The van der Waals surface area contributed by atoms with Gasteiger partial charge in [-0.25, -0.2) is 4.39 Å². The molecule has 0 aromatic carbocycles. The lowest BCUT2D eigenvalue weighted by atomic mass is 9.83. The molecular weight excluding hydrogens is 211 g/mol. The lowest BCUT2D eigenvalue weighted by Crippen LogP contribution is -2.25. The van der Waals surface area contributed by atoms with E-state index in [2.05, 4.69) is 37.0 Å². The van der Waals surface area contributed by atoms with E-state index in [1.165, 1.54) is 5.57 Å². The van der Waals surface area contributed by atoms with Gasteiger partial charge in [0.25, 0.3) is 0 Å². The van der Waals surface area contributed by atoms with Gasteiger partial charge in [0.1, 0.15) is 0 Å². The second-order valence-corrected chi connectivity index (χ2v) is 5.33. The summed E-state index contributed by atoms with van der Waals surface area (Å²) in [5.41, 5.74) is 0.0482. The van der Waals surface area contributed by atoms with Crippen LogP contribution in [0.3, 0.4) is 0 Å². The second kappa shape index (κ2) is 5.54. The summed E-state index contributed by atoms with van der Waals surface area (Å²) in [5, 5.41) is 0. The highest BCUT2D eigenvalue weighted by Crippen LogP contribution is 2.32. The van der Waals surface area contributed by atoms with E-state index in [4.69, 9.17) is 0 Å². The Kier molecular flexibility index (Phi) is 4.05. The Bertz CT molecular complexity index is 380. The minimum absolute atomic E-state index is 0.331. The standard InChI is InChI=1S/C16H21F/c1-14-7-9-15(10-8-14)13-16(17)11-5-3-2-4-6-12-16/h7-9,15H,2-5,10-11,13H2,1H3. The van der Waals surface area contributed by atoms with Gasteiger partial charge in [-0.1, -0.05) is 42.1 Å². The Morgan fingerprint density at radius 1 is 1.41 bits per heavy atom. The number of hydrogen-bond acceptors (Lipinski definition) is 0. The summed E-state index contributed by atoms with van der Waals surface area (Å²) >= 11 is 0. The summed E-state index contributed by atoms with van der Waals surface area (Å²) in [7, 11) is 0. The zero-order valence-corrected chi connectivity index (χ0v) is 10.6. The lowest BCUT2D eigenvalue weighted by Gasteiger charge is -2.25. The zero-order valence-electron chi connectivity index (χ0n) is 10.6. The van der Waals surface area contributed by atoms with E-state index in [1.54, 1.807) is 0 Å². The molecule has 2 aliphatic rings. The van der Waals surface area contributed by atoms with E-state index in [0.29, 0.717) is 18.8 Å². The Balaban J connectivity index is 1.98. The first-order valence-electron chi connectivity index (χ1n) is 6.72. The van der Waals surface area contributed by atoms with Gasteiger partial charge in [0.2, 0.25) is 0 Å². The molecular formula is C16H21F. The molecule has 2 unspecified atom stereocenters. The van der Waals surface area contributed by atoms with Crippen LogP contribution < -0.4 is 0 Å². The van der Waals surface area contributed by atoms with Crippen LogP contribution in [-0.4, -0.2) is 5.67 Å². The van der Waals surface area contributed by atoms with Crippen molar-refractivity contribution in [2.45, 2.75) is 57.5 Å². The van der Waals surface area contributed by atoms with Crippen LogP contribution in [0.5, 0.6) is 0 Å². The van der Waals surface area contributed by atoms with Gasteiger partial charge >= 0.3 is 0 Å². The third-order valence-corrected chi connectivity index (χ3v) is 3.65. The smallest absolute Gasteiger partial charge is 0.171 e. The van der Waals surface area contributed by atoms with Crippen molar-refractivity contribution in [2.24, 2.45) is 5.92 Å². The fourth-order valence-electron chi connectivity index (χ4n) is 2.57. The highest BCUT2D eigenvalue weighted by atomic mass is 19.1. The quantitative estimate of drug-likeness (QED) is 0.611. The summed E-state index contributed by atoms with van der Waals surface area (Å²) in [6.07, 6.45) is 12.7. The van der Waals surface area contributed by atoms with Crippen molar-refractivity contribution in [2.75, 3.05) is 0 Å². The summed E-state index contributed by atoms with van der Waals surface area (Å²) < 4.78 is 14.7. The molecule has 2 aliphatic carbocycles. The van der Waals surface area contributed by atoms with Crippen LogP contribution in [-0.2, 0) is 0 Å². The van der Waals surface area contributed by atoms with E-state index in [0.717, 1.165) is 32.1 Å². The fourth-order valence-corrected chi connectivity index (χ4v) is 2.57. The van der Waals surface area contributed by atoms with E-state index in [9.17, 15) is 4.39 Å². The van der Waals surface area contributed by atoms with Crippen molar-refractivity contribution in [3.63, 3.8) is 0 Å². The van der Waals surface area contributed by atoms with Gasteiger partial charge in [0.15, 0.2) is 5.67 Å². The van der Waals surface area contributed by atoms with Crippen molar-refractivity contribution in [3.05, 3.63) is 23.8 Å². The highest BCUT2D eigenvalue weighted by molar-refractivity contribution is 5.23. The van der Waals surface area contributed by atoms with Crippen molar-refractivity contribution in [1.82, 2.24) is 0 Å². The molecule has 0 heterocycles. The monoisotopic (exact) mass is 232 g/mol. The first-order valence-corrected chi connectivity index (χ1v) is 6.72. The number of halogens is 1. The molecule has 92 valence electrons. The van der Waals surface area contributed by atoms with Crippen LogP contribution in [0.1, 0.15) is 51.9 Å². The van der Waals surface area contributed by atoms with Crippen molar-refractivity contribution >= 4 is 0 Å². The molecule has 0 nitrogen and oxygen atoms in total. The van der Waals surface area contributed by atoms with Gasteiger partial charge in [-0.2, -0.15) is 0 Å². The van der Waals surface area contributed by atoms with Crippen LogP contribution in [0.2, 0.25) is 0 Å². The minimum Gasteiger partial charge on any atom is -0.230 e. The molecule has 2 atom stereocenters. The number of alkyl halides is 1. The number of allylic oxidation sites excluding steroid dienone is 4. The first-order chi connectivity index (χ1) is 8.18. The molecule has 2 rings (SSSR count). The van der Waals surface area contributed by atoms with Gasteiger partial charge in [-0.15, -0.1) is 0 Å². The summed E-state index contributed by atoms with van der Waals surface area (Å²) in [6, 6.07) is 0. The average Bonchev–Trinajstić information content (AvgIpc) is 2.28. The van der Waals surface area contributed by atoms with Gasteiger partial charge in [0, 0.05) is 6.42 Å². The summed E-state index contributed by atoms with van der Waals surface area (Å²) in [5.74, 6) is 6.23.